The number of rotatable bonds is 4. The number of thioether (sulfide) groups is 1. The molecular weight excluding hydrogens is 375 g/mol. The highest BCUT2D eigenvalue weighted by atomic mass is 32.2. The van der Waals surface area contributed by atoms with Gasteiger partial charge in [-0.3, -0.25) is 9.59 Å². The van der Waals surface area contributed by atoms with E-state index < -0.39 is 52.5 Å². The van der Waals surface area contributed by atoms with Crippen molar-refractivity contribution in [3.63, 3.8) is 0 Å². The number of nitrogens with zero attached hydrogens (tertiary/aromatic N) is 1. The van der Waals surface area contributed by atoms with Crippen LogP contribution < -0.4 is 5.73 Å². The number of methoxy groups -OCH3 is 1. The minimum Gasteiger partial charge on any atom is -0.468 e. The second-order valence-electron chi connectivity index (χ2n) is 6.94. The third-order valence-corrected chi connectivity index (χ3v) is 5.26. The number of hydrogen-bond donors (Lipinski definition) is 1. The molecule has 1 aliphatic rings. The summed E-state index contributed by atoms with van der Waals surface area (Å²) in [6.07, 6.45) is 0. The van der Waals surface area contributed by atoms with Gasteiger partial charge in [-0.2, -0.15) is 0 Å². The van der Waals surface area contributed by atoms with Gasteiger partial charge in [-0.15, -0.1) is 11.8 Å². The Morgan fingerprint density at radius 3 is 2.37 bits per heavy atom. The number of amides is 1. The normalized spacial score (nSPS) is 22.4. The zero-order valence-electron chi connectivity index (χ0n) is 15.6. The zero-order valence-corrected chi connectivity index (χ0v) is 16.4. The first kappa shape index (κ1) is 21.2. The number of hydrogen-bond acceptors (Lipinski definition) is 7. The summed E-state index contributed by atoms with van der Waals surface area (Å²) in [7, 11) is 1.19. The van der Waals surface area contributed by atoms with Gasteiger partial charge >= 0.3 is 11.9 Å². The van der Waals surface area contributed by atoms with Crippen molar-refractivity contribution in [2.45, 2.75) is 43.0 Å². The van der Waals surface area contributed by atoms with Gasteiger partial charge < -0.3 is 20.1 Å². The highest BCUT2D eigenvalue weighted by Gasteiger charge is 2.53. The molecule has 3 atom stereocenters. The van der Waals surface area contributed by atoms with E-state index >= 15 is 0 Å². The van der Waals surface area contributed by atoms with Gasteiger partial charge in [0, 0.05) is 5.56 Å². The maximum atomic E-state index is 14.5. The van der Waals surface area contributed by atoms with Crippen LogP contribution in [0.5, 0.6) is 0 Å². The Morgan fingerprint density at radius 2 is 1.85 bits per heavy atom. The fourth-order valence-electron chi connectivity index (χ4n) is 2.81. The third-order valence-electron chi connectivity index (χ3n) is 3.84. The fraction of sp³-hybridized carbons (Fsp3) is 0.500. The molecule has 1 aromatic rings. The molecule has 1 saturated heterocycles. The van der Waals surface area contributed by atoms with Gasteiger partial charge in [-0.1, -0.05) is 18.2 Å². The lowest BCUT2D eigenvalue weighted by molar-refractivity contribution is -0.161. The van der Waals surface area contributed by atoms with Gasteiger partial charge in [0.25, 0.3) is 0 Å². The highest BCUT2D eigenvalue weighted by molar-refractivity contribution is 8.02. The van der Waals surface area contributed by atoms with Gasteiger partial charge in [0.05, 0.1) is 19.7 Å². The molecule has 1 fully saturated rings. The third kappa shape index (κ3) is 4.59. The molecule has 1 aliphatic heterocycles. The van der Waals surface area contributed by atoms with E-state index in [1.54, 1.807) is 26.8 Å². The number of halogens is 1. The molecule has 7 nitrogen and oxygen atoms in total. The van der Waals surface area contributed by atoms with Crippen LogP contribution in [-0.2, 0) is 23.9 Å². The van der Waals surface area contributed by atoms with Crippen molar-refractivity contribution in [2.75, 3.05) is 13.7 Å². The van der Waals surface area contributed by atoms with Crippen LogP contribution in [0.2, 0.25) is 0 Å². The van der Waals surface area contributed by atoms with Crippen molar-refractivity contribution in [3.05, 3.63) is 35.6 Å². The second-order valence-corrected chi connectivity index (χ2v) is 8.16. The van der Waals surface area contributed by atoms with Crippen molar-refractivity contribution in [1.82, 2.24) is 4.90 Å². The van der Waals surface area contributed by atoms with Crippen molar-refractivity contribution < 1.29 is 28.2 Å². The summed E-state index contributed by atoms with van der Waals surface area (Å²) >= 11 is 0.889. The number of carbonyl (C=O) groups is 3. The molecule has 2 rings (SSSR count). The first-order valence-corrected chi connectivity index (χ1v) is 9.26. The number of benzene rings is 1. The number of esters is 2. The molecular formula is C18H23FN2O5S. The van der Waals surface area contributed by atoms with E-state index in [2.05, 4.69) is 0 Å². The lowest BCUT2D eigenvalue weighted by Crippen LogP contribution is -2.46. The summed E-state index contributed by atoms with van der Waals surface area (Å²) < 4.78 is 24.7. The molecule has 0 spiro atoms. The van der Waals surface area contributed by atoms with Gasteiger partial charge in [0.1, 0.15) is 16.7 Å². The molecule has 2 N–H and O–H groups in total. The van der Waals surface area contributed by atoms with Crippen molar-refractivity contribution >= 4 is 29.6 Å². The van der Waals surface area contributed by atoms with Crippen LogP contribution in [0.15, 0.2) is 24.3 Å². The Morgan fingerprint density at radius 1 is 1.22 bits per heavy atom. The van der Waals surface area contributed by atoms with E-state index in [1.807, 2.05) is 0 Å². The molecule has 9 heteroatoms. The lowest BCUT2D eigenvalue weighted by atomic mass is 10.0. The van der Waals surface area contributed by atoms with Crippen molar-refractivity contribution in [3.8, 4) is 0 Å². The van der Waals surface area contributed by atoms with E-state index in [4.69, 9.17) is 15.2 Å². The van der Waals surface area contributed by atoms with Gasteiger partial charge in [-0.05, 0) is 26.8 Å². The van der Waals surface area contributed by atoms with Gasteiger partial charge in [0.2, 0.25) is 5.91 Å². The average molecular weight is 398 g/mol. The summed E-state index contributed by atoms with van der Waals surface area (Å²) in [5.74, 6) is -2.58. The molecule has 0 unspecified atom stereocenters. The fourth-order valence-corrected chi connectivity index (χ4v) is 4.26. The summed E-state index contributed by atoms with van der Waals surface area (Å²) in [5, 5.41) is -2.14. The smallest absolute Gasteiger partial charge is 0.340 e. The van der Waals surface area contributed by atoms with Crippen LogP contribution >= 0.6 is 11.8 Å². The minimum absolute atomic E-state index is 0.105. The zero-order chi connectivity index (χ0) is 20.4. The minimum atomic E-state index is -1.14. The molecule has 0 radical (unpaired) electrons. The lowest BCUT2D eigenvalue weighted by Gasteiger charge is -2.31. The molecule has 148 valence electrons. The van der Waals surface area contributed by atoms with Crippen LogP contribution in [0.25, 0.3) is 0 Å². The van der Waals surface area contributed by atoms with Crippen molar-refractivity contribution in [2.24, 2.45) is 5.73 Å². The maximum Gasteiger partial charge on any atom is 0.340 e. The van der Waals surface area contributed by atoms with Crippen LogP contribution in [0.1, 0.15) is 32.4 Å². The molecule has 0 aliphatic carbocycles. The number of ether oxygens (including phenoxy) is 2. The summed E-state index contributed by atoms with van der Waals surface area (Å²) in [6, 6.07) is 4.72. The molecule has 1 aromatic carbocycles. The average Bonchev–Trinajstić information content (AvgIpc) is 2.99. The Kier molecular flexibility index (Phi) is 6.48. The Bertz CT molecular complexity index is 737. The van der Waals surface area contributed by atoms with E-state index in [0.29, 0.717) is 0 Å². The molecule has 27 heavy (non-hydrogen) atoms. The summed E-state index contributed by atoms with van der Waals surface area (Å²) in [6.45, 7) is 4.65. The van der Waals surface area contributed by atoms with Crippen LogP contribution in [0.3, 0.4) is 0 Å². The molecule has 0 bridgehead atoms. The number of carbonyl (C=O) groups excluding carboxylic acids is 3. The Labute approximate surface area is 161 Å². The summed E-state index contributed by atoms with van der Waals surface area (Å²) in [5.41, 5.74) is 4.82. The Hall–Kier alpha value is -2.13. The maximum absolute atomic E-state index is 14.5. The molecule has 0 saturated carbocycles. The molecule has 0 aromatic heterocycles. The van der Waals surface area contributed by atoms with Gasteiger partial charge in [-0.25, -0.2) is 9.18 Å². The second kappa shape index (κ2) is 8.26. The van der Waals surface area contributed by atoms with E-state index in [1.165, 1.54) is 25.3 Å². The number of nitrogens with two attached hydrogens (primary N) is 1. The highest BCUT2D eigenvalue weighted by Crippen LogP contribution is 2.46. The molecule has 1 amide bonds. The topological polar surface area (TPSA) is 98.9 Å². The monoisotopic (exact) mass is 398 g/mol. The van der Waals surface area contributed by atoms with E-state index in [-0.39, 0.29) is 5.56 Å². The first-order valence-electron chi connectivity index (χ1n) is 8.32. The van der Waals surface area contributed by atoms with E-state index in [0.717, 1.165) is 16.7 Å². The van der Waals surface area contributed by atoms with Crippen LogP contribution in [-0.4, -0.2) is 52.6 Å². The predicted molar refractivity (Wildman–Crippen MR) is 98.1 cm³/mol. The summed E-state index contributed by atoms with van der Waals surface area (Å²) in [4.78, 5) is 38.7. The van der Waals surface area contributed by atoms with Gasteiger partial charge in [0.15, 0.2) is 5.37 Å². The van der Waals surface area contributed by atoms with Crippen molar-refractivity contribution in [1.29, 1.82) is 0 Å². The van der Waals surface area contributed by atoms with Crippen LogP contribution in [0, 0.1) is 5.82 Å². The largest absolute Gasteiger partial charge is 0.468 e. The van der Waals surface area contributed by atoms with Crippen LogP contribution in [0.4, 0.5) is 4.39 Å². The quantitative estimate of drug-likeness (QED) is 0.769. The standard InChI is InChI=1S/C18H23FN2O5S/c1-18(2,3)26-17(24)15-21(12(22)9-20)13(14(27-15)16(23)25-4)10-7-5-6-8-11(10)19/h5-8,13-15H,9,20H2,1-4H3/t13-,14-,15-/m0/s1. The predicted octanol–water partition coefficient (Wildman–Crippen LogP) is 1.61. The SMILES string of the molecule is COC(=O)[C@H]1S[C@@H](C(=O)OC(C)(C)C)N(C(=O)CN)[C@H]1c1ccccc1F. The molecule has 1 heterocycles. The van der Waals surface area contributed by atoms with E-state index in [9.17, 15) is 18.8 Å². The first-order chi connectivity index (χ1) is 12.6. The Balaban J connectivity index is 2.54.